The Morgan fingerprint density at radius 3 is 3.00 bits per heavy atom. The van der Waals surface area contributed by atoms with Crippen LogP contribution in [-0.2, 0) is 11.3 Å². The highest BCUT2D eigenvalue weighted by Gasteiger charge is 2.11. The number of aromatic nitrogens is 2. The van der Waals surface area contributed by atoms with Crippen molar-refractivity contribution in [3.8, 4) is 0 Å². The molecule has 1 aliphatic heterocycles. The van der Waals surface area contributed by atoms with Gasteiger partial charge in [0.05, 0.1) is 30.4 Å². The molecule has 0 amide bonds. The van der Waals surface area contributed by atoms with Crippen molar-refractivity contribution in [3.63, 3.8) is 0 Å². The first-order chi connectivity index (χ1) is 8.83. The standard InChI is InChI=1S/C13H15N3O2/c17-13-11-7-10(1-2-12(11)14-9-15-13)8-16-3-5-18-6-4-16/h1-2,7,9H,3-6,8H2,(H,14,15,17). The van der Waals surface area contributed by atoms with Gasteiger partial charge in [-0.1, -0.05) is 6.07 Å². The van der Waals surface area contributed by atoms with Gasteiger partial charge in [-0.3, -0.25) is 9.69 Å². The molecule has 0 atom stereocenters. The average Bonchev–Trinajstić information content (AvgIpc) is 2.41. The molecule has 1 aliphatic rings. The predicted molar refractivity (Wildman–Crippen MR) is 68.5 cm³/mol. The zero-order chi connectivity index (χ0) is 12.4. The molecular formula is C13H15N3O2. The molecule has 5 nitrogen and oxygen atoms in total. The fourth-order valence-corrected chi connectivity index (χ4v) is 2.23. The first-order valence-electron chi connectivity index (χ1n) is 6.09. The minimum atomic E-state index is -0.0798. The minimum absolute atomic E-state index is 0.0798. The maximum Gasteiger partial charge on any atom is 0.258 e. The molecule has 1 saturated heterocycles. The van der Waals surface area contributed by atoms with Crippen LogP contribution in [-0.4, -0.2) is 41.2 Å². The van der Waals surface area contributed by atoms with Gasteiger partial charge in [0, 0.05) is 19.6 Å². The van der Waals surface area contributed by atoms with Crippen molar-refractivity contribution in [2.75, 3.05) is 26.3 Å². The van der Waals surface area contributed by atoms with Gasteiger partial charge in [-0.2, -0.15) is 0 Å². The number of fused-ring (bicyclic) bond motifs is 1. The summed E-state index contributed by atoms with van der Waals surface area (Å²) in [4.78, 5) is 20.8. The van der Waals surface area contributed by atoms with Crippen molar-refractivity contribution in [1.29, 1.82) is 0 Å². The van der Waals surface area contributed by atoms with Crippen LogP contribution in [0.5, 0.6) is 0 Å². The average molecular weight is 245 g/mol. The number of benzene rings is 1. The van der Waals surface area contributed by atoms with Gasteiger partial charge in [0.2, 0.25) is 0 Å². The van der Waals surface area contributed by atoms with Crippen molar-refractivity contribution in [1.82, 2.24) is 14.9 Å². The van der Waals surface area contributed by atoms with Crippen molar-refractivity contribution in [3.05, 3.63) is 40.4 Å². The third-order valence-corrected chi connectivity index (χ3v) is 3.21. The maximum atomic E-state index is 11.7. The zero-order valence-corrected chi connectivity index (χ0v) is 10.1. The molecule has 18 heavy (non-hydrogen) atoms. The predicted octanol–water partition coefficient (Wildman–Crippen LogP) is 0.755. The van der Waals surface area contributed by atoms with Gasteiger partial charge in [0.25, 0.3) is 5.56 Å². The largest absolute Gasteiger partial charge is 0.379 e. The van der Waals surface area contributed by atoms with Crippen LogP contribution in [0.1, 0.15) is 5.56 Å². The van der Waals surface area contributed by atoms with Crippen LogP contribution >= 0.6 is 0 Å². The normalized spacial score (nSPS) is 17.1. The third-order valence-electron chi connectivity index (χ3n) is 3.21. The fraction of sp³-hybridized carbons (Fsp3) is 0.385. The van der Waals surface area contributed by atoms with Gasteiger partial charge < -0.3 is 9.72 Å². The highest BCUT2D eigenvalue weighted by atomic mass is 16.5. The van der Waals surface area contributed by atoms with Crippen LogP contribution in [0.3, 0.4) is 0 Å². The SMILES string of the molecule is O=c1[nH]cnc2ccc(CN3CCOCC3)cc12. The smallest absolute Gasteiger partial charge is 0.258 e. The van der Waals surface area contributed by atoms with E-state index in [0.29, 0.717) is 5.39 Å². The van der Waals surface area contributed by atoms with E-state index in [4.69, 9.17) is 4.74 Å². The van der Waals surface area contributed by atoms with Gasteiger partial charge in [-0.25, -0.2) is 4.98 Å². The van der Waals surface area contributed by atoms with Crippen LogP contribution in [0, 0.1) is 0 Å². The molecule has 0 unspecified atom stereocenters. The molecule has 0 bridgehead atoms. The molecule has 3 rings (SSSR count). The maximum absolute atomic E-state index is 11.7. The van der Waals surface area contributed by atoms with Gasteiger partial charge in [0.15, 0.2) is 0 Å². The van der Waals surface area contributed by atoms with Crippen molar-refractivity contribution < 1.29 is 4.74 Å². The van der Waals surface area contributed by atoms with E-state index in [2.05, 4.69) is 14.9 Å². The van der Waals surface area contributed by atoms with E-state index < -0.39 is 0 Å². The summed E-state index contributed by atoms with van der Waals surface area (Å²) in [5.41, 5.74) is 1.80. The van der Waals surface area contributed by atoms with E-state index in [9.17, 15) is 4.79 Å². The fourth-order valence-electron chi connectivity index (χ4n) is 2.23. The van der Waals surface area contributed by atoms with E-state index in [1.807, 2.05) is 18.2 Å². The van der Waals surface area contributed by atoms with E-state index in [1.54, 1.807) is 0 Å². The minimum Gasteiger partial charge on any atom is -0.379 e. The second-order valence-corrected chi connectivity index (χ2v) is 4.47. The molecule has 2 aromatic rings. The molecule has 1 aromatic heterocycles. The number of nitrogens with one attached hydrogen (secondary N) is 1. The van der Waals surface area contributed by atoms with Crippen LogP contribution in [0.4, 0.5) is 0 Å². The Morgan fingerprint density at radius 1 is 1.33 bits per heavy atom. The zero-order valence-electron chi connectivity index (χ0n) is 10.1. The number of nitrogens with zero attached hydrogens (tertiary/aromatic N) is 2. The Morgan fingerprint density at radius 2 is 2.17 bits per heavy atom. The topological polar surface area (TPSA) is 58.2 Å². The molecule has 0 spiro atoms. The summed E-state index contributed by atoms with van der Waals surface area (Å²) in [5.74, 6) is 0. The quantitative estimate of drug-likeness (QED) is 0.848. The molecule has 5 heteroatoms. The lowest BCUT2D eigenvalue weighted by atomic mass is 10.1. The monoisotopic (exact) mass is 245 g/mol. The Hall–Kier alpha value is -1.72. The van der Waals surface area contributed by atoms with Crippen molar-refractivity contribution in [2.24, 2.45) is 0 Å². The first-order valence-corrected chi connectivity index (χ1v) is 6.09. The second kappa shape index (κ2) is 4.88. The lowest BCUT2D eigenvalue weighted by molar-refractivity contribution is 0.0342. The summed E-state index contributed by atoms with van der Waals surface area (Å²) in [6.45, 7) is 4.32. The third kappa shape index (κ3) is 2.27. The Labute approximate surface area is 104 Å². The number of hydrogen-bond acceptors (Lipinski definition) is 4. The van der Waals surface area contributed by atoms with E-state index in [1.165, 1.54) is 6.33 Å². The first kappa shape index (κ1) is 11.4. The number of ether oxygens (including phenoxy) is 1. The van der Waals surface area contributed by atoms with Crippen LogP contribution in [0.2, 0.25) is 0 Å². The molecule has 1 fully saturated rings. The highest BCUT2D eigenvalue weighted by molar-refractivity contribution is 5.77. The molecule has 2 heterocycles. The van der Waals surface area contributed by atoms with Gasteiger partial charge >= 0.3 is 0 Å². The number of rotatable bonds is 2. The number of morpholine rings is 1. The van der Waals surface area contributed by atoms with E-state index in [-0.39, 0.29) is 5.56 Å². The molecule has 0 radical (unpaired) electrons. The van der Waals surface area contributed by atoms with E-state index in [0.717, 1.165) is 43.9 Å². The molecule has 1 N–H and O–H groups in total. The molecule has 1 aromatic carbocycles. The molecular weight excluding hydrogens is 230 g/mol. The Kier molecular flexibility index (Phi) is 3.08. The number of hydrogen-bond donors (Lipinski definition) is 1. The number of H-pyrrole nitrogens is 1. The van der Waals surface area contributed by atoms with Gasteiger partial charge in [-0.15, -0.1) is 0 Å². The van der Waals surface area contributed by atoms with Crippen molar-refractivity contribution >= 4 is 10.9 Å². The lowest BCUT2D eigenvalue weighted by Crippen LogP contribution is -2.35. The Bertz CT molecular complexity index is 602. The number of aromatic amines is 1. The lowest BCUT2D eigenvalue weighted by Gasteiger charge is -2.26. The molecule has 94 valence electrons. The summed E-state index contributed by atoms with van der Waals surface area (Å²) in [7, 11) is 0. The molecule has 0 aliphatic carbocycles. The Balaban J connectivity index is 1.88. The summed E-state index contributed by atoms with van der Waals surface area (Å²) in [6.07, 6.45) is 1.44. The van der Waals surface area contributed by atoms with Crippen LogP contribution in [0.15, 0.2) is 29.3 Å². The van der Waals surface area contributed by atoms with Crippen LogP contribution < -0.4 is 5.56 Å². The second-order valence-electron chi connectivity index (χ2n) is 4.47. The summed E-state index contributed by atoms with van der Waals surface area (Å²) in [6, 6.07) is 5.86. The van der Waals surface area contributed by atoms with Gasteiger partial charge in [-0.05, 0) is 17.7 Å². The summed E-state index contributed by atoms with van der Waals surface area (Å²) < 4.78 is 5.32. The molecule has 0 saturated carbocycles. The van der Waals surface area contributed by atoms with Crippen LogP contribution in [0.25, 0.3) is 10.9 Å². The van der Waals surface area contributed by atoms with E-state index >= 15 is 0 Å². The summed E-state index contributed by atoms with van der Waals surface area (Å²) in [5, 5.41) is 0.656. The summed E-state index contributed by atoms with van der Waals surface area (Å²) >= 11 is 0. The van der Waals surface area contributed by atoms with Crippen molar-refractivity contribution in [2.45, 2.75) is 6.54 Å². The highest BCUT2D eigenvalue weighted by Crippen LogP contribution is 2.12. The van der Waals surface area contributed by atoms with Gasteiger partial charge in [0.1, 0.15) is 0 Å².